The standard InChI is InChI=1S/C17H25N3O2S.ClH/c18-15-3-1-2-12(15)10-16(21)20-7-4-14(5-8-20)19-17(22)13-6-9-23-11-13;/h6,9,11-12,14-15H,1-5,7-8,10,18H2,(H,19,22);1H/t12-,15+;/m0./s1. The van der Waals surface area contributed by atoms with Gasteiger partial charge in [-0.15, -0.1) is 12.4 Å². The number of piperidine rings is 1. The topological polar surface area (TPSA) is 75.4 Å². The maximum Gasteiger partial charge on any atom is 0.252 e. The van der Waals surface area contributed by atoms with Crippen LogP contribution in [-0.4, -0.2) is 41.9 Å². The Hall–Kier alpha value is -1.11. The van der Waals surface area contributed by atoms with E-state index in [0.29, 0.717) is 12.3 Å². The van der Waals surface area contributed by atoms with Crippen molar-refractivity contribution in [1.29, 1.82) is 0 Å². The van der Waals surface area contributed by atoms with Gasteiger partial charge in [-0.05, 0) is 43.0 Å². The highest BCUT2D eigenvalue weighted by atomic mass is 35.5. The van der Waals surface area contributed by atoms with E-state index in [9.17, 15) is 9.59 Å². The summed E-state index contributed by atoms with van der Waals surface area (Å²) in [6.45, 7) is 1.46. The highest BCUT2D eigenvalue weighted by molar-refractivity contribution is 7.08. The largest absolute Gasteiger partial charge is 0.349 e. The van der Waals surface area contributed by atoms with Gasteiger partial charge in [0, 0.05) is 42.5 Å². The second-order valence-electron chi connectivity index (χ2n) is 6.70. The molecule has 7 heteroatoms. The summed E-state index contributed by atoms with van der Waals surface area (Å²) in [4.78, 5) is 26.4. The molecule has 0 bridgehead atoms. The monoisotopic (exact) mass is 371 g/mol. The molecule has 2 heterocycles. The van der Waals surface area contributed by atoms with Gasteiger partial charge in [-0.2, -0.15) is 11.3 Å². The van der Waals surface area contributed by atoms with Crippen LogP contribution in [0.25, 0.3) is 0 Å². The lowest BCUT2D eigenvalue weighted by Gasteiger charge is -2.33. The van der Waals surface area contributed by atoms with Crippen molar-refractivity contribution in [3.63, 3.8) is 0 Å². The van der Waals surface area contributed by atoms with Crippen molar-refractivity contribution in [2.24, 2.45) is 11.7 Å². The number of hydrogen-bond acceptors (Lipinski definition) is 4. The number of nitrogens with one attached hydrogen (secondary N) is 1. The quantitative estimate of drug-likeness (QED) is 0.853. The Balaban J connectivity index is 0.00000208. The van der Waals surface area contributed by atoms with E-state index in [2.05, 4.69) is 5.32 Å². The molecule has 0 radical (unpaired) electrons. The molecule has 2 atom stereocenters. The van der Waals surface area contributed by atoms with Gasteiger partial charge in [-0.3, -0.25) is 9.59 Å². The molecule has 2 aliphatic rings. The Labute approximate surface area is 153 Å². The third-order valence-electron chi connectivity index (χ3n) is 5.12. The first kappa shape index (κ1) is 19.2. The molecule has 1 aromatic rings. The zero-order chi connectivity index (χ0) is 16.2. The van der Waals surface area contributed by atoms with Crippen molar-refractivity contribution >= 4 is 35.6 Å². The number of carbonyl (C=O) groups is 2. The summed E-state index contributed by atoms with van der Waals surface area (Å²) in [5.41, 5.74) is 6.79. The molecular formula is C17H26ClN3O2S. The second kappa shape index (κ2) is 8.83. The molecule has 134 valence electrons. The first-order valence-electron chi connectivity index (χ1n) is 8.50. The third kappa shape index (κ3) is 4.71. The fourth-order valence-electron chi connectivity index (χ4n) is 3.61. The maximum atomic E-state index is 12.4. The van der Waals surface area contributed by atoms with Crippen molar-refractivity contribution in [3.05, 3.63) is 22.4 Å². The van der Waals surface area contributed by atoms with Gasteiger partial charge in [0.15, 0.2) is 0 Å². The molecule has 0 spiro atoms. The smallest absolute Gasteiger partial charge is 0.252 e. The summed E-state index contributed by atoms with van der Waals surface area (Å²) in [5, 5.41) is 6.84. The molecule has 5 nitrogen and oxygen atoms in total. The number of hydrogen-bond donors (Lipinski definition) is 2. The third-order valence-corrected chi connectivity index (χ3v) is 5.80. The molecule has 3 N–H and O–H groups in total. The number of thiophene rings is 1. The average Bonchev–Trinajstić information content (AvgIpc) is 3.20. The highest BCUT2D eigenvalue weighted by Crippen LogP contribution is 2.28. The number of carbonyl (C=O) groups excluding carboxylic acids is 2. The van der Waals surface area contributed by atoms with Gasteiger partial charge >= 0.3 is 0 Å². The van der Waals surface area contributed by atoms with Crippen LogP contribution in [0.5, 0.6) is 0 Å². The number of amides is 2. The van der Waals surface area contributed by atoms with Gasteiger partial charge in [0.25, 0.3) is 5.91 Å². The molecule has 24 heavy (non-hydrogen) atoms. The molecule has 2 fully saturated rings. The van der Waals surface area contributed by atoms with Crippen LogP contribution >= 0.6 is 23.7 Å². The molecule has 0 aromatic carbocycles. The Morgan fingerprint density at radius 1 is 1.25 bits per heavy atom. The van der Waals surface area contributed by atoms with Crippen LogP contribution in [0.4, 0.5) is 0 Å². The number of nitrogens with two attached hydrogens (primary N) is 1. The van der Waals surface area contributed by atoms with E-state index in [0.717, 1.165) is 50.8 Å². The second-order valence-corrected chi connectivity index (χ2v) is 7.48. The molecule has 1 saturated heterocycles. The maximum absolute atomic E-state index is 12.4. The van der Waals surface area contributed by atoms with Crippen LogP contribution in [0, 0.1) is 5.92 Å². The normalized spacial score (nSPS) is 24.5. The predicted octanol–water partition coefficient (Wildman–Crippen LogP) is 2.41. The van der Waals surface area contributed by atoms with E-state index in [4.69, 9.17) is 5.73 Å². The van der Waals surface area contributed by atoms with Gasteiger partial charge in [-0.25, -0.2) is 0 Å². The lowest BCUT2D eigenvalue weighted by Crippen LogP contribution is -2.47. The first-order chi connectivity index (χ1) is 11.1. The van der Waals surface area contributed by atoms with E-state index in [1.54, 1.807) is 0 Å². The van der Waals surface area contributed by atoms with Gasteiger partial charge in [0.2, 0.25) is 5.91 Å². The van der Waals surface area contributed by atoms with Crippen LogP contribution in [0.1, 0.15) is 48.9 Å². The number of nitrogens with zero attached hydrogens (tertiary/aromatic N) is 1. The molecule has 1 saturated carbocycles. The summed E-state index contributed by atoms with van der Waals surface area (Å²) in [5.74, 6) is 0.585. The molecule has 2 amide bonds. The minimum Gasteiger partial charge on any atom is -0.349 e. The van der Waals surface area contributed by atoms with Crippen LogP contribution in [-0.2, 0) is 4.79 Å². The Bertz CT molecular complexity index is 544. The van der Waals surface area contributed by atoms with Crippen molar-refractivity contribution in [1.82, 2.24) is 10.2 Å². The van der Waals surface area contributed by atoms with Gasteiger partial charge in [0.05, 0.1) is 0 Å². The zero-order valence-electron chi connectivity index (χ0n) is 13.8. The Morgan fingerprint density at radius 3 is 2.58 bits per heavy atom. The molecule has 3 rings (SSSR count). The van der Waals surface area contributed by atoms with Gasteiger partial charge in [-0.1, -0.05) is 6.42 Å². The van der Waals surface area contributed by atoms with E-state index in [1.165, 1.54) is 11.3 Å². The zero-order valence-corrected chi connectivity index (χ0v) is 15.4. The van der Waals surface area contributed by atoms with E-state index in [-0.39, 0.29) is 36.3 Å². The number of halogens is 1. The van der Waals surface area contributed by atoms with Crippen molar-refractivity contribution < 1.29 is 9.59 Å². The van der Waals surface area contributed by atoms with Gasteiger partial charge in [0.1, 0.15) is 0 Å². The van der Waals surface area contributed by atoms with Crippen LogP contribution in [0.15, 0.2) is 16.8 Å². The predicted molar refractivity (Wildman–Crippen MR) is 98.6 cm³/mol. The summed E-state index contributed by atoms with van der Waals surface area (Å²) in [6.07, 6.45) is 5.54. The van der Waals surface area contributed by atoms with E-state index >= 15 is 0 Å². The van der Waals surface area contributed by atoms with Crippen molar-refractivity contribution in [2.45, 2.75) is 50.6 Å². The summed E-state index contributed by atoms with van der Waals surface area (Å²) in [7, 11) is 0. The fraction of sp³-hybridized carbons (Fsp3) is 0.647. The van der Waals surface area contributed by atoms with Gasteiger partial charge < -0.3 is 16.0 Å². The van der Waals surface area contributed by atoms with Crippen LogP contribution in [0.3, 0.4) is 0 Å². The lowest BCUT2D eigenvalue weighted by atomic mass is 9.98. The Morgan fingerprint density at radius 2 is 2.00 bits per heavy atom. The van der Waals surface area contributed by atoms with E-state index < -0.39 is 0 Å². The summed E-state index contributed by atoms with van der Waals surface area (Å²) < 4.78 is 0. The SMILES string of the molecule is Cl.N[C@@H]1CCC[C@H]1CC(=O)N1CCC(NC(=O)c2ccsc2)CC1. The highest BCUT2D eigenvalue weighted by Gasteiger charge is 2.30. The van der Waals surface area contributed by atoms with Crippen molar-refractivity contribution in [3.8, 4) is 0 Å². The molecule has 1 aliphatic heterocycles. The summed E-state index contributed by atoms with van der Waals surface area (Å²) in [6, 6.07) is 2.20. The first-order valence-corrected chi connectivity index (χ1v) is 9.44. The average molecular weight is 372 g/mol. The molecule has 1 aliphatic carbocycles. The van der Waals surface area contributed by atoms with Crippen LogP contribution < -0.4 is 11.1 Å². The van der Waals surface area contributed by atoms with E-state index in [1.807, 2.05) is 21.7 Å². The minimum absolute atomic E-state index is 0. The van der Waals surface area contributed by atoms with Crippen molar-refractivity contribution in [2.75, 3.05) is 13.1 Å². The van der Waals surface area contributed by atoms with Crippen LogP contribution in [0.2, 0.25) is 0 Å². The number of likely N-dealkylation sites (tertiary alicyclic amines) is 1. The Kier molecular flexibility index (Phi) is 7.07. The summed E-state index contributed by atoms with van der Waals surface area (Å²) >= 11 is 1.53. The molecule has 1 aromatic heterocycles. The molecular weight excluding hydrogens is 346 g/mol. The number of rotatable bonds is 4. The fourth-order valence-corrected chi connectivity index (χ4v) is 4.24. The molecule has 0 unspecified atom stereocenters. The lowest BCUT2D eigenvalue weighted by molar-refractivity contribution is -0.133. The minimum atomic E-state index is -0.00652.